The van der Waals surface area contributed by atoms with E-state index in [2.05, 4.69) is 10.6 Å². The molecule has 0 spiro atoms. The van der Waals surface area contributed by atoms with E-state index in [1.54, 1.807) is 33.2 Å². The quantitative estimate of drug-likeness (QED) is 0.690. The van der Waals surface area contributed by atoms with Crippen LogP contribution in [0, 0.1) is 6.92 Å². The highest BCUT2D eigenvalue weighted by molar-refractivity contribution is 6.03. The number of furan rings is 1. The minimum Gasteiger partial charge on any atom is -0.459 e. The van der Waals surface area contributed by atoms with Gasteiger partial charge in [-0.15, -0.1) is 0 Å². The Morgan fingerprint density at radius 1 is 1.14 bits per heavy atom. The number of carbonyl (C=O) groups is 4. The molecule has 148 valence electrons. The summed E-state index contributed by atoms with van der Waals surface area (Å²) in [5.74, 6) is -1.93. The summed E-state index contributed by atoms with van der Waals surface area (Å²) in [5.41, 5.74) is 1.31. The number of benzene rings is 1. The van der Waals surface area contributed by atoms with Crippen LogP contribution in [0.15, 0.2) is 41.0 Å². The van der Waals surface area contributed by atoms with Crippen molar-refractivity contribution < 1.29 is 28.3 Å². The molecule has 0 saturated heterocycles. The van der Waals surface area contributed by atoms with E-state index in [0.717, 1.165) is 5.56 Å². The number of hydrogen-bond donors (Lipinski definition) is 2. The predicted octanol–water partition coefficient (Wildman–Crippen LogP) is 1.20. The highest BCUT2D eigenvalue weighted by atomic mass is 16.5. The van der Waals surface area contributed by atoms with E-state index in [9.17, 15) is 19.2 Å². The van der Waals surface area contributed by atoms with Crippen LogP contribution in [0.5, 0.6) is 0 Å². The SMILES string of the molecule is Cc1ccc(C(=O)OCC(=O)NCC(=O)N(C)C)cc1NC(=O)c1ccco1. The van der Waals surface area contributed by atoms with Gasteiger partial charge in [0.2, 0.25) is 5.91 Å². The molecule has 0 fully saturated rings. The first-order valence-corrected chi connectivity index (χ1v) is 8.37. The van der Waals surface area contributed by atoms with E-state index in [4.69, 9.17) is 9.15 Å². The van der Waals surface area contributed by atoms with Crippen molar-refractivity contribution in [2.45, 2.75) is 6.92 Å². The van der Waals surface area contributed by atoms with Gasteiger partial charge < -0.3 is 24.7 Å². The third-order valence-corrected chi connectivity index (χ3v) is 3.74. The average Bonchev–Trinajstić information content (AvgIpc) is 3.20. The summed E-state index contributed by atoms with van der Waals surface area (Å²) in [7, 11) is 3.13. The Kier molecular flexibility index (Phi) is 6.91. The molecule has 1 aromatic carbocycles. The third-order valence-electron chi connectivity index (χ3n) is 3.74. The maximum Gasteiger partial charge on any atom is 0.338 e. The molecule has 28 heavy (non-hydrogen) atoms. The van der Waals surface area contributed by atoms with Crippen LogP contribution in [0.3, 0.4) is 0 Å². The topological polar surface area (TPSA) is 118 Å². The molecular formula is C19H21N3O6. The highest BCUT2D eigenvalue weighted by Crippen LogP contribution is 2.19. The van der Waals surface area contributed by atoms with Crippen molar-refractivity contribution in [2.24, 2.45) is 0 Å². The first-order valence-electron chi connectivity index (χ1n) is 8.37. The number of ether oxygens (including phenoxy) is 1. The second-order valence-corrected chi connectivity index (χ2v) is 6.10. The fourth-order valence-corrected chi connectivity index (χ4v) is 2.07. The molecule has 1 aromatic heterocycles. The number of nitrogens with one attached hydrogen (secondary N) is 2. The number of aryl methyl sites for hydroxylation is 1. The van der Waals surface area contributed by atoms with Crippen molar-refractivity contribution in [2.75, 3.05) is 32.6 Å². The molecule has 3 amide bonds. The van der Waals surface area contributed by atoms with Gasteiger partial charge in [-0.25, -0.2) is 4.79 Å². The summed E-state index contributed by atoms with van der Waals surface area (Å²) in [4.78, 5) is 48.7. The smallest absolute Gasteiger partial charge is 0.338 e. The molecule has 9 nitrogen and oxygen atoms in total. The van der Waals surface area contributed by atoms with Gasteiger partial charge in [0.15, 0.2) is 12.4 Å². The Morgan fingerprint density at radius 3 is 2.54 bits per heavy atom. The molecule has 9 heteroatoms. The minimum absolute atomic E-state index is 0.135. The van der Waals surface area contributed by atoms with Gasteiger partial charge in [-0.3, -0.25) is 14.4 Å². The summed E-state index contributed by atoms with van der Waals surface area (Å²) in [6.07, 6.45) is 1.38. The number of amides is 3. The number of anilines is 1. The lowest BCUT2D eigenvalue weighted by Gasteiger charge is -2.12. The zero-order valence-electron chi connectivity index (χ0n) is 15.8. The van der Waals surface area contributed by atoms with Crippen molar-refractivity contribution in [3.05, 3.63) is 53.5 Å². The van der Waals surface area contributed by atoms with Gasteiger partial charge in [-0.05, 0) is 36.8 Å². The van der Waals surface area contributed by atoms with Gasteiger partial charge in [-0.2, -0.15) is 0 Å². The fourth-order valence-electron chi connectivity index (χ4n) is 2.07. The van der Waals surface area contributed by atoms with Crippen LogP contribution in [-0.2, 0) is 14.3 Å². The molecule has 1 heterocycles. The van der Waals surface area contributed by atoms with Gasteiger partial charge in [0.1, 0.15) is 0 Å². The van der Waals surface area contributed by atoms with Crippen LogP contribution in [0.2, 0.25) is 0 Å². The fraction of sp³-hybridized carbons (Fsp3) is 0.263. The van der Waals surface area contributed by atoms with E-state index in [1.807, 2.05) is 0 Å². The minimum atomic E-state index is -0.734. The van der Waals surface area contributed by atoms with Gasteiger partial charge in [-0.1, -0.05) is 6.07 Å². The van der Waals surface area contributed by atoms with Crippen LogP contribution >= 0.6 is 0 Å². The standard InChI is InChI=1S/C19H21N3O6/c1-12-6-7-13(9-14(12)21-18(25)15-5-4-8-27-15)19(26)28-11-16(23)20-10-17(24)22(2)3/h4-9H,10-11H2,1-3H3,(H,20,23)(H,21,25). The molecule has 0 unspecified atom stereocenters. The molecule has 2 aromatic rings. The van der Waals surface area contributed by atoms with Crippen molar-refractivity contribution in [1.29, 1.82) is 0 Å². The summed E-state index contributed by atoms with van der Waals surface area (Å²) in [5, 5.41) is 5.01. The summed E-state index contributed by atoms with van der Waals surface area (Å²) < 4.78 is 9.98. The normalized spacial score (nSPS) is 10.1. The van der Waals surface area contributed by atoms with E-state index in [1.165, 1.54) is 29.4 Å². The molecule has 0 aliphatic rings. The molecule has 2 rings (SSSR count). The Bertz CT molecular complexity index is 874. The molecule has 0 bridgehead atoms. The van der Waals surface area contributed by atoms with Gasteiger partial charge in [0.05, 0.1) is 18.4 Å². The Balaban J connectivity index is 1.93. The summed E-state index contributed by atoms with van der Waals surface area (Å²) in [6, 6.07) is 7.72. The number of esters is 1. The number of carbonyl (C=O) groups excluding carboxylic acids is 4. The molecule has 0 aliphatic heterocycles. The van der Waals surface area contributed by atoms with Crippen molar-refractivity contribution in [1.82, 2.24) is 10.2 Å². The first kappa shape index (κ1) is 20.7. The zero-order chi connectivity index (χ0) is 20.7. The molecule has 0 saturated carbocycles. The average molecular weight is 387 g/mol. The number of nitrogens with zero attached hydrogens (tertiary/aromatic N) is 1. The van der Waals surface area contributed by atoms with Crippen molar-refractivity contribution >= 4 is 29.4 Å². The van der Waals surface area contributed by atoms with Crippen LogP contribution < -0.4 is 10.6 Å². The number of hydrogen-bond acceptors (Lipinski definition) is 6. The van der Waals surface area contributed by atoms with Gasteiger partial charge in [0, 0.05) is 19.8 Å². The largest absolute Gasteiger partial charge is 0.459 e. The Labute approximate surface area is 161 Å². The summed E-state index contributed by atoms with van der Waals surface area (Å²) >= 11 is 0. The molecule has 0 radical (unpaired) electrons. The highest BCUT2D eigenvalue weighted by Gasteiger charge is 2.15. The lowest BCUT2D eigenvalue weighted by Crippen LogP contribution is -2.38. The van der Waals surface area contributed by atoms with Crippen LogP contribution in [0.1, 0.15) is 26.5 Å². The lowest BCUT2D eigenvalue weighted by atomic mass is 10.1. The third kappa shape index (κ3) is 5.70. The Hall–Kier alpha value is -3.62. The van der Waals surface area contributed by atoms with E-state index in [0.29, 0.717) is 5.69 Å². The second kappa shape index (κ2) is 9.36. The maximum absolute atomic E-state index is 12.2. The van der Waals surface area contributed by atoms with Crippen molar-refractivity contribution in [3.8, 4) is 0 Å². The number of likely N-dealkylation sites (N-methyl/N-ethyl adjacent to an activating group) is 1. The molecule has 2 N–H and O–H groups in total. The van der Waals surface area contributed by atoms with Crippen LogP contribution in [0.4, 0.5) is 5.69 Å². The first-order chi connectivity index (χ1) is 13.3. The monoisotopic (exact) mass is 387 g/mol. The van der Waals surface area contributed by atoms with Crippen LogP contribution in [0.25, 0.3) is 0 Å². The van der Waals surface area contributed by atoms with Crippen LogP contribution in [-0.4, -0.2) is 55.8 Å². The summed E-state index contributed by atoms with van der Waals surface area (Å²) in [6.45, 7) is 1.06. The zero-order valence-corrected chi connectivity index (χ0v) is 15.8. The number of rotatable bonds is 7. The van der Waals surface area contributed by atoms with Gasteiger partial charge >= 0.3 is 5.97 Å². The Morgan fingerprint density at radius 2 is 1.89 bits per heavy atom. The van der Waals surface area contributed by atoms with Crippen molar-refractivity contribution in [3.63, 3.8) is 0 Å². The van der Waals surface area contributed by atoms with E-state index in [-0.39, 0.29) is 23.8 Å². The van der Waals surface area contributed by atoms with E-state index < -0.39 is 24.4 Å². The molecule has 0 atom stereocenters. The molecule has 0 aliphatic carbocycles. The lowest BCUT2D eigenvalue weighted by molar-refractivity contribution is -0.131. The van der Waals surface area contributed by atoms with Gasteiger partial charge in [0.25, 0.3) is 11.8 Å². The molecular weight excluding hydrogens is 366 g/mol. The maximum atomic E-state index is 12.2. The van der Waals surface area contributed by atoms with E-state index >= 15 is 0 Å². The second-order valence-electron chi connectivity index (χ2n) is 6.10. The predicted molar refractivity (Wildman–Crippen MR) is 99.8 cm³/mol.